The Labute approximate surface area is 137 Å². The Morgan fingerprint density at radius 3 is 2.62 bits per heavy atom. The lowest BCUT2D eigenvalue weighted by Gasteiger charge is -2.39. The molecule has 3 rings (SSSR count). The van der Waals surface area contributed by atoms with Crippen molar-refractivity contribution in [2.75, 3.05) is 19.0 Å². The molecule has 8 heteroatoms. The first-order valence-electron chi connectivity index (χ1n) is 7.50. The van der Waals surface area contributed by atoms with Gasteiger partial charge in [0.25, 0.3) is 0 Å². The van der Waals surface area contributed by atoms with Gasteiger partial charge in [0.05, 0.1) is 0 Å². The fourth-order valence-corrected chi connectivity index (χ4v) is 2.67. The first-order chi connectivity index (χ1) is 11.5. The van der Waals surface area contributed by atoms with Crippen molar-refractivity contribution in [2.24, 2.45) is 0 Å². The van der Waals surface area contributed by atoms with E-state index in [1.807, 2.05) is 0 Å². The Bertz CT molecular complexity index is 759. The Kier molecular flexibility index (Phi) is 4.83. The van der Waals surface area contributed by atoms with E-state index in [1.165, 1.54) is 13.2 Å². The van der Waals surface area contributed by atoms with Gasteiger partial charge in [-0.1, -0.05) is 0 Å². The summed E-state index contributed by atoms with van der Waals surface area (Å²) in [5, 5.41) is 33.4. The molecule has 2 unspecified atom stereocenters. The van der Waals surface area contributed by atoms with Crippen LogP contribution in [0, 0.1) is 0 Å². The van der Waals surface area contributed by atoms with Gasteiger partial charge in [-0.25, -0.2) is 4.79 Å². The lowest BCUT2D eigenvalue weighted by atomic mass is 9.99. The van der Waals surface area contributed by atoms with Crippen molar-refractivity contribution in [3.63, 3.8) is 0 Å². The van der Waals surface area contributed by atoms with Gasteiger partial charge >= 0.3 is 5.63 Å². The second-order valence-electron chi connectivity index (χ2n) is 5.64. The molecular weight excluding hydrogens is 318 g/mol. The maximum absolute atomic E-state index is 11.3. The van der Waals surface area contributed by atoms with E-state index in [4.69, 9.17) is 13.9 Å². The number of fused-ring (bicyclic) bond motifs is 1. The monoisotopic (exact) mass is 337 g/mol. The number of benzene rings is 1. The third kappa shape index (κ3) is 3.28. The zero-order valence-corrected chi connectivity index (χ0v) is 13.0. The van der Waals surface area contributed by atoms with E-state index in [9.17, 15) is 20.1 Å². The number of methoxy groups -OCH3 is 1. The first kappa shape index (κ1) is 16.9. The summed E-state index contributed by atoms with van der Waals surface area (Å²) in [5.74, 6) is 0. The molecule has 0 radical (unpaired) electrons. The van der Waals surface area contributed by atoms with Gasteiger partial charge in [0.2, 0.25) is 0 Å². The summed E-state index contributed by atoms with van der Waals surface area (Å²) in [4.78, 5) is 11.3. The van der Waals surface area contributed by atoms with E-state index in [-0.39, 0.29) is 6.54 Å². The van der Waals surface area contributed by atoms with Crippen molar-refractivity contribution < 1.29 is 29.2 Å². The summed E-state index contributed by atoms with van der Waals surface area (Å²) in [7, 11) is 1.34. The summed E-state index contributed by atoms with van der Waals surface area (Å²) >= 11 is 0. The largest absolute Gasteiger partial charge is 0.423 e. The van der Waals surface area contributed by atoms with E-state index in [0.29, 0.717) is 11.3 Å². The molecule has 0 amide bonds. The predicted octanol–water partition coefficient (Wildman–Crippen LogP) is -0.341. The van der Waals surface area contributed by atoms with E-state index >= 15 is 0 Å². The van der Waals surface area contributed by atoms with Crippen LogP contribution >= 0.6 is 0 Å². The highest BCUT2D eigenvalue weighted by Gasteiger charge is 2.43. The Balaban J connectivity index is 1.71. The minimum atomic E-state index is -1.37. The summed E-state index contributed by atoms with van der Waals surface area (Å²) in [6.07, 6.45) is -5.77. The highest BCUT2D eigenvalue weighted by atomic mass is 16.7. The quantitative estimate of drug-likeness (QED) is 0.559. The van der Waals surface area contributed by atoms with Gasteiger partial charge in [0.15, 0.2) is 6.29 Å². The minimum Gasteiger partial charge on any atom is -0.423 e. The number of rotatable bonds is 4. The molecule has 1 saturated heterocycles. The van der Waals surface area contributed by atoms with Gasteiger partial charge in [0.1, 0.15) is 30.0 Å². The van der Waals surface area contributed by atoms with E-state index in [2.05, 4.69) is 5.32 Å². The third-order valence-electron chi connectivity index (χ3n) is 4.03. The highest BCUT2D eigenvalue weighted by molar-refractivity contribution is 5.80. The maximum atomic E-state index is 11.3. The number of aliphatic hydroxyl groups excluding tert-OH is 3. The molecule has 1 aliphatic rings. The molecule has 1 aromatic carbocycles. The van der Waals surface area contributed by atoms with Gasteiger partial charge in [0, 0.05) is 36.9 Å². The van der Waals surface area contributed by atoms with Gasteiger partial charge in [-0.3, -0.25) is 0 Å². The molecule has 0 saturated carbocycles. The van der Waals surface area contributed by atoms with Crippen LogP contribution < -0.4 is 10.9 Å². The van der Waals surface area contributed by atoms with E-state index < -0.39 is 36.3 Å². The zero-order chi connectivity index (χ0) is 17.3. The number of aliphatic hydroxyl groups is 3. The Morgan fingerprint density at radius 2 is 1.88 bits per heavy atom. The molecule has 1 aromatic heterocycles. The summed E-state index contributed by atoms with van der Waals surface area (Å²) in [5.41, 5.74) is 0.649. The molecule has 2 aromatic rings. The van der Waals surface area contributed by atoms with Crippen LogP contribution in [0.4, 0.5) is 5.69 Å². The molecule has 130 valence electrons. The standard InChI is InChI=1S/C16H19NO7/c1-22-16-15(21)14(20)13(19)11(24-16)7-17-9-4-2-8-3-5-12(18)23-10(8)6-9/h2-6,11,13-17,19-21H,7H2,1H3/t11?,13-,14+,15?,16+/m1/s1. The fourth-order valence-electron chi connectivity index (χ4n) is 2.67. The van der Waals surface area contributed by atoms with Crippen LogP contribution in [0.1, 0.15) is 0 Å². The van der Waals surface area contributed by atoms with Crippen molar-refractivity contribution in [2.45, 2.75) is 30.7 Å². The normalized spacial score (nSPS) is 30.4. The van der Waals surface area contributed by atoms with Gasteiger partial charge in [-0.2, -0.15) is 0 Å². The molecule has 0 aliphatic carbocycles. The van der Waals surface area contributed by atoms with E-state index in [1.54, 1.807) is 24.3 Å². The molecular formula is C16H19NO7. The van der Waals surface area contributed by atoms with Crippen LogP contribution in [0.25, 0.3) is 11.0 Å². The molecule has 2 heterocycles. The summed E-state index contributed by atoms with van der Waals surface area (Å²) in [6, 6.07) is 8.25. The van der Waals surface area contributed by atoms with Crippen molar-refractivity contribution in [3.05, 3.63) is 40.8 Å². The van der Waals surface area contributed by atoms with Crippen LogP contribution in [0.5, 0.6) is 0 Å². The number of hydrogen-bond donors (Lipinski definition) is 4. The average molecular weight is 337 g/mol. The molecule has 0 bridgehead atoms. The van der Waals surface area contributed by atoms with Crippen LogP contribution in [0.2, 0.25) is 0 Å². The number of hydrogen-bond acceptors (Lipinski definition) is 8. The minimum absolute atomic E-state index is 0.160. The SMILES string of the molecule is CO[C@H]1OC(CNc2ccc3ccc(=O)oc3c2)[C@@H](O)[C@H](O)C1O. The number of anilines is 1. The Hall–Kier alpha value is -1.97. The molecule has 1 fully saturated rings. The summed E-state index contributed by atoms with van der Waals surface area (Å²) < 4.78 is 15.5. The predicted molar refractivity (Wildman–Crippen MR) is 84.7 cm³/mol. The Morgan fingerprint density at radius 1 is 1.12 bits per heavy atom. The second kappa shape index (κ2) is 6.88. The zero-order valence-electron chi connectivity index (χ0n) is 13.0. The van der Waals surface area contributed by atoms with Gasteiger partial charge in [-0.15, -0.1) is 0 Å². The fraction of sp³-hybridized carbons (Fsp3) is 0.438. The van der Waals surface area contributed by atoms with Crippen LogP contribution in [0.3, 0.4) is 0 Å². The van der Waals surface area contributed by atoms with Gasteiger partial charge < -0.3 is 34.5 Å². The second-order valence-corrected chi connectivity index (χ2v) is 5.64. The topological polar surface area (TPSA) is 121 Å². The van der Waals surface area contributed by atoms with Gasteiger partial charge in [-0.05, 0) is 18.2 Å². The van der Waals surface area contributed by atoms with Crippen LogP contribution in [0.15, 0.2) is 39.5 Å². The van der Waals surface area contributed by atoms with Crippen LogP contribution in [-0.2, 0) is 9.47 Å². The molecule has 8 nitrogen and oxygen atoms in total. The highest BCUT2D eigenvalue weighted by Crippen LogP contribution is 2.23. The van der Waals surface area contributed by atoms with Crippen molar-refractivity contribution in [3.8, 4) is 0 Å². The van der Waals surface area contributed by atoms with Crippen molar-refractivity contribution in [1.82, 2.24) is 0 Å². The molecule has 1 aliphatic heterocycles. The van der Waals surface area contributed by atoms with Crippen molar-refractivity contribution in [1.29, 1.82) is 0 Å². The van der Waals surface area contributed by atoms with E-state index in [0.717, 1.165) is 5.39 Å². The lowest BCUT2D eigenvalue weighted by molar-refractivity contribution is -0.286. The molecule has 5 atom stereocenters. The van der Waals surface area contributed by atoms with Crippen LogP contribution in [-0.4, -0.2) is 59.7 Å². The number of nitrogens with one attached hydrogen (secondary N) is 1. The van der Waals surface area contributed by atoms with Crippen molar-refractivity contribution >= 4 is 16.7 Å². The molecule has 0 spiro atoms. The first-order valence-corrected chi connectivity index (χ1v) is 7.50. The number of ether oxygens (including phenoxy) is 2. The third-order valence-corrected chi connectivity index (χ3v) is 4.03. The molecule has 4 N–H and O–H groups in total. The summed E-state index contributed by atoms with van der Waals surface area (Å²) in [6.45, 7) is 0.160. The molecule has 24 heavy (non-hydrogen) atoms. The average Bonchev–Trinajstić information content (AvgIpc) is 2.58. The maximum Gasteiger partial charge on any atom is 0.336 e. The smallest absolute Gasteiger partial charge is 0.336 e. The lowest BCUT2D eigenvalue weighted by Crippen LogP contribution is -2.59.